The van der Waals surface area contributed by atoms with Crippen LogP contribution in [0.5, 0.6) is 0 Å². The highest BCUT2D eigenvalue weighted by Gasteiger charge is 2.10. The number of likely N-dealkylation sites (N-methyl/N-ethyl adjacent to an activating group) is 2. The first-order valence-electron chi connectivity index (χ1n) is 8.59. The van der Waals surface area contributed by atoms with Crippen molar-refractivity contribution in [3.05, 3.63) is 40.2 Å². The molecule has 0 saturated carbocycles. The van der Waals surface area contributed by atoms with E-state index in [2.05, 4.69) is 22.2 Å². The van der Waals surface area contributed by atoms with Crippen LogP contribution in [0.1, 0.15) is 15.6 Å². The Hall–Kier alpha value is -2.35. The zero-order valence-corrected chi connectivity index (χ0v) is 16.7. The number of aliphatic imine (C=N–C) groups is 1. The van der Waals surface area contributed by atoms with E-state index in [0.717, 1.165) is 30.2 Å². The minimum Gasteiger partial charge on any atom is -0.469 e. The molecule has 1 N–H and O–H groups in total. The van der Waals surface area contributed by atoms with Gasteiger partial charge in [-0.2, -0.15) is 0 Å². The van der Waals surface area contributed by atoms with E-state index < -0.39 is 0 Å². The van der Waals surface area contributed by atoms with Gasteiger partial charge < -0.3 is 19.5 Å². The summed E-state index contributed by atoms with van der Waals surface area (Å²) in [6.07, 6.45) is 5.16. The maximum absolute atomic E-state index is 11.9. The molecule has 0 aliphatic rings. The number of aryl methyl sites for hydroxylation is 1. The number of hydrogen-bond acceptors (Lipinski definition) is 5. The molecular formula is C18H27N5O2S. The van der Waals surface area contributed by atoms with E-state index in [0.29, 0.717) is 12.5 Å². The Kier molecular flexibility index (Phi) is 7.65. The fourth-order valence-electron chi connectivity index (χ4n) is 2.23. The average molecular weight is 378 g/mol. The minimum absolute atomic E-state index is 0.0284. The molecule has 0 atom stereocenters. The van der Waals surface area contributed by atoms with Gasteiger partial charge in [-0.25, -0.2) is 9.98 Å². The molecule has 0 aliphatic heterocycles. The van der Waals surface area contributed by atoms with Gasteiger partial charge in [-0.05, 0) is 19.1 Å². The number of guanidine groups is 1. The molecule has 2 heterocycles. The smallest absolute Gasteiger partial charge is 0.243 e. The van der Waals surface area contributed by atoms with Gasteiger partial charge in [0.05, 0.1) is 11.3 Å². The molecule has 26 heavy (non-hydrogen) atoms. The molecule has 0 radical (unpaired) electrons. The molecule has 0 saturated heterocycles. The van der Waals surface area contributed by atoms with Crippen LogP contribution in [0.3, 0.4) is 0 Å². The van der Waals surface area contributed by atoms with Crippen LogP contribution in [0, 0.1) is 6.92 Å². The topological polar surface area (TPSA) is 74.0 Å². The molecule has 0 fully saturated rings. The van der Waals surface area contributed by atoms with Crippen LogP contribution >= 0.6 is 11.3 Å². The molecule has 2 aromatic heterocycles. The summed E-state index contributed by atoms with van der Waals surface area (Å²) in [5.41, 5.74) is 0. The molecule has 0 bridgehead atoms. The van der Waals surface area contributed by atoms with Crippen LogP contribution in [0.15, 0.2) is 34.0 Å². The number of carbonyl (C=O) groups excluding carboxylic acids is 1. The molecule has 1 amide bonds. The molecule has 0 aliphatic carbocycles. The SMILES string of the molecule is Cc1cnc(CCN(C)C(=NCC(=O)N(C)C)NCCc2ccco2)s1. The van der Waals surface area contributed by atoms with Gasteiger partial charge >= 0.3 is 0 Å². The van der Waals surface area contributed by atoms with Gasteiger partial charge in [-0.15, -0.1) is 11.3 Å². The third-order valence-electron chi connectivity index (χ3n) is 3.79. The predicted octanol–water partition coefficient (Wildman–Crippen LogP) is 1.80. The third-order valence-corrected chi connectivity index (χ3v) is 4.76. The molecule has 0 aromatic carbocycles. The fourth-order valence-corrected chi connectivity index (χ4v) is 3.01. The Morgan fingerprint density at radius 3 is 2.77 bits per heavy atom. The van der Waals surface area contributed by atoms with Crippen LogP contribution < -0.4 is 5.32 Å². The van der Waals surface area contributed by atoms with Crippen molar-refractivity contribution in [2.75, 3.05) is 40.8 Å². The Morgan fingerprint density at radius 1 is 1.35 bits per heavy atom. The Balaban J connectivity index is 1.93. The number of carbonyl (C=O) groups is 1. The van der Waals surface area contributed by atoms with Crippen LogP contribution in [0.4, 0.5) is 0 Å². The molecule has 142 valence electrons. The van der Waals surface area contributed by atoms with E-state index in [1.54, 1.807) is 36.6 Å². The van der Waals surface area contributed by atoms with Gasteiger partial charge in [0.2, 0.25) is 5.91 Å². The molecule has 2 rings (SSSR count). The summed E-state index contributed by atoms with van der Waals surface area (Å²) < 4.78 is 5.35. The second-order valence-corrected chi connectivity index (χ2v) is 7.54. The number of thiazole rings is 1. The summed E-state index contributed by atoms with van der Waals surface area (Å²) in [4.78, 5) is 25.5. The number of hydrogen-bond donors (Lipinski definition) is 1. The molecule has 8 heteroatoms. The second kappa shape index (κ2) is 9.96. The number of rotatable bonds is 8. The van der Waals surface area contributed by atoms with Crippen molar-refractivity contribution < 1.29 is 9.21 Å². The highest BCUT2D eigenvalue weighted by molar-refractivity contribution is 7.11. The summed E-state index contributed by atoms with van der Waals surface area (Å²) in [5.74, 6) is 1.60. The summed E-state index contributed by atoms with van der Waals surface area (Å²) in [7, 11) is 5.44. The van der Waals surface area contributed by atoms with Crippen molar-refractivity contribution in [1.82, 2.24) is 20.1 Å². The van der Waals surface area contributed by atoms with E-state index >= 15 is 0 Å². The quantitative estimate of drug-likeness (QED) is 0.561. The van der Waals surface area contributed by atoms with Crippen LogP contribution in [-0.4, -0.2) is 67.4 Å². The molecule has 2 aromatic rings. The van der Waals surface area contributed by atoms with Gasteiger partial charge in [0.15, 0.2) is 5.96 Å². The lowest BCUT2D eigenvalue weighted by Crippen LogP contribution is -2.41. The van der Waals surface area contributed by atoms with Crippen molar-refractivity contribution in [1.29, 1.82) is 0 Å². The van der Waals surface area contributed by atoms with E-state index in [9.17, 15) is 4.79 Å². The van der Waals surface area contributed by atoms with Gasteiger partial charge in [-0.3, -0.25) is 4.79 Å². The van der Waals surface area contributed by atoms with Gasteiger partial charge in [0.25, 0.3) is 0 Å². The zero-order chi connectivity index (χ0) is 18.9. The van der Waals surface area contributed by atoms with Crippen LogP contribution in [0.2, 0.25) is 0 Å². The number of furan rings is 1. The van der Waals surface area contributed by atoms with Crippen LogP contribution in [-0.2, 0) is 17.6 Å². The summed E-state index contributed by atoms with van der Waals surface area (Å²) in [5, 5.41) is 4.43. The summed E-state index contributed by atoms with van der Waals surface area (Å²) >= 11 is 1.71. The van der Waals surface area contributed by atoms with Crippen molar-refractivity contribution in [2.24, 2.45) is 4.99 Å². The van der Waals surface area contributed by atoms with Crippen LogP contribution in [0.25, 0.3) is 0 Å². The predicted molar refractivity (Wildman–Crippen MR) is 105 cm³/mol. The molecule has 0 spiro atoms. The third kappa shape index (κ3) is 6.51. The second-order valence-electron chi connectivity index (χ2n) is 6.22. The number of aromatic nitrogens is 1. The van der Waals surface area contributed by atoms with Crippen molar-refractivity contribution in [3.8, 4) is 0 Å². The van der Waals surface area contributed by atoms with Gasteiger partial charge in [0, 0.05) is 58.1 Å². The zero-order valence-electron chi connectivity index (χ0n) is 15.9. The molecule has 7 nitrogen and oxygen atoms in total. The van der Waals surface area contributed by atoms with E-state index in [1.165, 1.54) is 4.88 Å². The first-order chi connectivity index (χ1) is 12.5. The van der Waals surface area contributed by atoms with E-state index in [-0.39, 0.29) is 12.5 Å². The van der Waals surface area contributed by atoms with Crippen molar-refractivity contribution in [2.45, 2.75) is 19.8 Å². The highest BCUT2D eigenvalue weighted by Crippen LogP contribution is 2.11. The maximum atomic E-state index is 11.9. The Bertz CT molecular complexity index is 709. The normalized spacial score (nSPS) is 11.5. The average Bonchev–Trinajstić information content (AvgIpc) is 3.26. The number of nitrogens with one attached hydrogen (secondary N) is 1. The first kappa shape index (κ1) is 20.0. The summed E-state index contributed by atoms with van der Waals surface area (Å²) in [6.45, 7) is 3.64. The van der Waals surface area contributed by atoms with Gasteiger partial charge in [0.1, 0.15) is 12.3 Å². The summed E-state index contributed by atoms with van der Waals surface area (Å²) in [6, 6.07) is 3.82. The standard InChI is InChI=1S/C18H27N5O2S/c1-14-12-20-16(26-14)8-10-23(4)18(21-13-17(24)22(2)3)19-9-7-15-6-5-11-25-15/h5-6,11-12H,7-10,13H2,1-4H3,(H,19,21). The largest absolute Gasteiger partial charge is 0.469 e. The Morgan fingerprint density at radius 2 is 2.15 bits per heavy atom. The fraction of sp³-hybridized carbons (Fsp3) is 0.500. The van der Waals surface area contributed by atoms with Crippen molar-refractivity contribution in [3.63, 3.8) is 0 Å². The maximum Gasteiger partial charge on any atom is 0.243 e. The monoisotopic (exact) mass is 377 g/mol. The number of amides is 1. The number of nitrogens with zero attached hydrogens (tertiary/aromatic N) is 4. The van der Waals surface area contributed by atoms with Crippen molar-refractivity contribution >= 4 is 23.2 Å². The van der Waals surface area contributed by atoms with E-state index in [1.807, 2.05) is 30.3 Å². The Labute approximate surface area is 158 Å². The lowest BCUT2D eigenvalue weighted by atomic mass is 10.3. The lowest BCUT2D eigenvalue weighted by molar-refractivity contribution is -0.127. The first-order valence-corrected chi connectivity index (χ1v) is 9.40. The minimum atomic E-state index is -0.0284. The van der Waals surface area contributed by atoms with Gasteiger partial charge in [-0.1, -0.05) is 0 Å². The highest BCUT2D eigenvalue weighted by atomic mass is 32.1. The lowest BCUT2D eigenvalue weighted by Gasteiger charge is -2.22. The molecule has 0 unspecified atom stereocenters. The van der Waals surface area contributed by atoms with E-state index in [4.69, 9.17) is 4.42 Å². The molecular weight excluding hydrogens is 350 g/mol.